The first-order valence-corrected chi connectivity index (χ1v) is 10.4. The Labute approximate surface area is 182 Å². The quantitative estimate of drug-likeness (QED) is 0.450. The third-order valence-electron chi connectivity index (χ3n) is 4.39. The van der Waals surface area contributed by atoms with Crippen molar-refractivity contribution < 1.29 is 14.0 Å². The zero-order valence-corrected chi connectivity index (χ0v) is 17.5. The van der Waals surface area contributed by atoms with Gasteiger partial charge in [0, 0.05) is 24.0 Å². The lowest BCUT2D eigenvalue weighted by Crippen LogP contribution is -2.41. The number of amides is 2. The molecule has 2 heterocycles. The predicted molar refractivity (Wildman–Crippen MR) is 116 cm³/mol. The number of carbonyl (C=O) groups excluding carboxylic acids is 2. The summed E-state index contributed by atoms with van der Waals surface area (Å²) in [5.74, 6) is -0.0155. The maximum atomic E-state index is 12.5. The maximum Gasteiger partial charge on any atom is 0.281 e. The number of hydrogen-bond donors (Lipinski definition) is 2. The van der Waals surface area contributed by atoms with Crippen LogP contribution in [0, 0.1) is 6.92 Å². The van der Waals surface area contributed by atoms with E-state index in [4.69, 9.17) is 4.42 Å². The molecule has 0 atom stereocenters. The summed E-state index contributed by atoms with van der Waals surface area (Å²) in [6.45, 7) is 1.76. The maximum absolute atomic E-state index is 12.5. The van der Waals surface area contributed by atoms with Gasteiger partial charge in [-0.1, -0.05) is 48.5 Å². The third kappa shape index (κ3) is 5.01. The summed E-state index contributed by atoms with van der Waals surface area (Å²) in [6, 6.07) is 19.0. The van der Waals surface area contributed by atoms with Gasteiger partial charge >= 0.3 is 0 Å². The lowest BCUT2D eigenvalue weighted by molar-refractivity contribution is -0.121. The SMILES string of the molecule is Cc1nc(-c2ccccc2)sc1C(=O)NNC(=O)CCc1nnc(-c2ccccc2)o1. The molecule has 0 saturated carbocycles. The number of aryl methyl sites for hydroxylation is 2. The van der Waals surface area contributed by atoms with Crippen LogP contribution in [-0.4, -0.2) is 27.0 Å². The number of nitrogens with zero attached hydrogens (tertiary/aromatic N) is 3. The van der Waals surface area contributed by atoms with E-state index in [-0.39, 0.29) is 18.7 Å². The molecule has 9 heteroatoms. The number of hydrazine groups is 1. The molecular weight excluding hydrogens is 414 g/mol. The Hall–Kier alpha value is -3.85. The fourth-order valence-corrected chi connectivity index (χ4v) is 3.80. The summed E-state index contributed by atoms with van der Waals surface area (Å²) in [7, 11) is 0. The van der Waals surface area contributed by atoms with Crippen molar-refractivity contribution in [3.63, 3.8) is 0 Å². The number of benzene rings is 2. The molecule has 0 fully saturated rings. The molecule has 0 saturated heterocycles. The fourth-order valence-electron chi connectivity index (χ4n) is 2.83. The molecule has 0 bridgehead atoms. The molecule has 4 aromatic rings. The fraction of sp³-hybridized carbons (Fsp3) is 0.136. The molecule has 0 unspecified atom stereocenters. The van der Waals surface area contributed by atoms with Crippen LogP contribution < -0.4 is 10.9 Å². The Morgan fingerprint density at radius 1 is 0.935 bits per heavy atom. The second-order valence-corrected chi connectivity index (χ2v) is 7.67. The van der Waals surface area contributed by atoms with E-state index in [0.29, 0.717) is 22.4 Å². The number of aromatic nitrogens is 3. The highest BCUT2D eigenvalue weighted by atomic mass is 32.1. The minimum atomic E-state index is -0.408. The Morgan fingerprint density at radius 2 is 1.61 bits per heavy atom. The van der Waals surface area contributed by atoms with Gasteiger partial charge in [-0.25, -0.2) is 4.98 Å². The monoisotopic (exact) mass is 433 g/mol. The summed E-state index contributed by atoms with van der Waals surface area (Å²) in [5, 5.41) is 8.70. The lowest BCUT2D eigenvalue weighted by Gasteiger charge is -2.05. The molecule has 0 spiro atoms. The van der Waals surface area contributed by atoms with Crippen LogP contribution in [0.5, 0.6) is 0 Å². The normalized spacial score (nSPS) is 10.6. The number of thiazole rings is 1. The van der Waals surface area contributed by atoms with E-state index in [1.165, 1.54) is 11.3 Å². The first-order valence-electron chi connectivity index (χ1n) is 9.60. The van der Waals surface area contributed by atoms with Crippen molar-refractivity contribution in [2.24, 2.45) is 0 Å². The summed E-state index contributed by atoms with van der Waals surface area (Å²) < 4.78 is 5.58. The lowest BCUT2D eigenvalue weighted by atomic mass is 10.2. The van der Waals surface area contributed by atoms with Gasteiger partial charge in [0.25, 0.3) is 5.91 Å². The topological polar surface area (TPSA) is 110 Å². The van der Waals surface area contributed by atoms with Crippen LogP contribution in [0.1, 0.15) is 27.7 Å². The molecule has 31 heavy (non-hydrogen) atoms. The van der Waals surface area contributed by atoms with Crippen LogP contribution in [0.15, 0.2) is 65.1 Å². The molecular formula is C22H19N5O3S. The van der Waals surface area contributed by atoms with Gasteiger partial charge in [-0.15, -0.1) is 21.5 Å². The van der Waals surface area contributed by atoms with Gasteiger partial charge in [0.2, 0.25) is 17.7 Å². The van der Waals surface area contributed by atoms with Crippen molar-refractivity contribution in [2.45, 2.75) is 19.8 Å². The van der Waals surface area contributed by atoms with Crippen LogP contribution in [0.2, 0.25) is 0 Å². The molecule has 0 aliphatic heterocycles. The third-order valence-corrected chi connectivity index (χ3v) is 5.60. The zero-order valence-electron chi connectivity index (χ0n) is 16.7. The number of hydrogen-bond acceptors (Lipinski definition) is 7. The average molecular weight is 433 g/mol. The van der Waals surface area contributed by atoms with Gasteiger partial charge in [0.1, 0.15) is 9.88 Å². The molecule has 8 nitrogen and oxygen atoms in total. The second kappa shape index (κ2) is 9.31. The Kier molecular flexibility index (Phi) is 6.13. The molecule has 4 rings (SSSR count). The smallest absolute Gasteiger partial charge is 0.281 e. The first-order chi connectivity index (χ1) is 15.1. The summed E-state index contributed by atoms with van der Waals surface area (Å²) in [4.78, 5) is 29.5. The second-order valence-electron chi connectivity index (χ2n) is 6.67. The molecule has 2 aromatic heterocycles. The Bertz CT molecular complexity index is 1190. The van der Waals surface area contributed by atoms with Gasteiger partial charge in [-0.3, -0.25) is 20.4 Å². The van der Waals surface area contributed by atoms with E-state index >= 15 is 0 Å². The van der Waals surface area contributed by atoms with Crippen LogP contribution in [-0.2, 0) is 11.2 Å². The summed E-state index contributed by atoms with van der Waals surface area (Å²) in [6.07, 6.45) is 0.354. The number of rotatable bonds is 6. The van der Waals surface area contributed by atoms with E-state index < -0.39 is 5.91 Å². The van der Waals surface area contributed by atoms with Crippen molar-refractivity contribution in [3.05, 3.63) is 77.1 Å². The highest BCUT2D eigenvalue weighted by molar-refractivity contribution is 7.17. The van der Waals surface area contributed by atoms with Crippen molar-refractivity contribution in [3.8, 4) is 22.0 Å². The highest BCUT2D eigenvalue weighted by Crippen LogP contribution is 2.27. The van der Waals surface area contributed by atoms with Crippen molar-refractivity contribution in [2.75, 3.05) is 0 Å². The number of nitrogens with one attached hydrogen (secondary N) is 2. The van der Waals surface area contributed by atoms with Crippen molar-refractivity contribution >= 4 is 23.2 Å². The Morgan fingerprint density at radius 3 is 2.32 bits per heavy atom. The molecule has 156 valence electrons. The minimum Gasteiger partial charge on any atom is -0.421 e. The molecule has 2 N–H and O–H groups in total. The van der Waals surface area contributed by atoms with Crippen molar-refractivity contribution in [1.29, 1.82) is 0 Å². The summed E-state index contributed by atoms with van der Waals surface area (Å²) in [5.41, 5.74) is 7.21. The van der Waals surface area contributed by atoms with E-state index in [0.717, 1.165) is 16.1 Å². The predicted octanol–water partition coefficient (Wildman–Crippen LogP) is 3.56. The van der Waals surface area contributed by atoms with E-state index in [1.807, 2.05) is 60.7 Å². The Balaban J connectivity index is 1.29. The van der Waals surface area contributed by atoms with Crippen LogP contribution in [0.3, 0.4) is 0 Å². The first kappa shape index (κ1) is 20.4. The minimum absolute atomic E-state index is 0.0909. The van der Waals surface area contributed by atoms with Crippen LogP contribution in [0.4, 0.5) is 0 Å². The summed E-state index contributed by atoms with van der Waals surface area (Å²) >= 11 is 1.28. The van der Waals surface area contributed by atoms with Gasteiger partial charge < -0.3 is 4.42 Å². The molecule has 0 aliphatic rings. The van der Waals surface area contributed by atoms with Gasteiger partial charge in [-0.2, -0.15) is 0 Å². The standard InChI is InChI=1S/C22H19N5O3S/c1-14-19(31-22(23-14)16-10-6-3-7-11-16)20(29)26-24-17(28)12-13-18-25-27-21(30-18)15-8-4-2-5-9-15/h2-11H,12-13H2,1H3,(H,24,28)(H,26,29). The molecule has 2 amide bonds. The van der Waals surface area contributed by atoms with Crippen LogP contribution >= 0.6 is 11.3 Å². The van der Waals surface area contributed by atoms with Crippen molar-refractivity contribution in [1.82, 2.24) is 26.0 Å². The van der Waals surface area contributed by atoms with Gasteiger partial charge in [0.05, 0.1) is 5.69 Å². The molecule has 0 aliphatic carbocycles. The zero-order chi connectivity index (χ0) is 21.6. The molecule has 2 aromatic carbocycles. The van der Waals surface area contributed by atoms with Gasteiger partial charge in [-0.05, 0) is 19.1 Å². The van der Waals surface area contributed by atoms with Gasteiger partial charge in [0.15, 0.2) is 0 Å². The number of carbonyl (C=O) groups is 2. The average Bonchev–Trinajstić information content (AvgIpc) is 3.44. The molecule has 0 radical (unpaired) electrons. The highest BCUT2D eigenvalue weighted by Gasteiger charge is 2.17. The van der Waals surface area contributed by atoms with E-state index in [2.05, 4.69) is 26.0 Å². The van der Waals surface area contributed by atoms with Crippen LogP contribution in [0.25, 0.3) is 22.0 Å². The van der Waals surface area contributed by atoms with E-state index in [9.17, 15) is 9.59 Å². The van der Waals surface area contributed by atoms with E-state index in [1.54, 1.807) is 6.92 Å². The largest absolute Gasteiger partial charge is 0.421 e.